The van der Waals surface area contributed by atoms with E-state index >= 15 is 0 Å². The number of esters is 1. The molecule has 0 aliphatic heterocycles. The van der Waals surface area contributed by atoms with Crippen molar-refractivity contribution < 1.29 is 14.6 Å². The van der Waals surface area contributed by atoms with E-state index in [1.54, 1.807) is 0 Å². The maximum absolute atomic E-state index is 13.0. The highest BCUT2D eigenvalue weighted by atomic mass is 16.5. The Morgan fingerprint density at radius 3 is 2.46 bits per heavy atom. The molecule has 0 heterocycles. The Hall–Kier alpha value is -1.39. The third kappa shape index (κ3) is 3.18. The molecule has 4 fully saturated rings. The molecule has 1 aromatic carbocycles. The number of benzene rings is 1. The van der Waals surface area contributed by atoms with E-state index in [4.69, 9.17) is 4.74 Å². The van der Waals surface area contributed by atoms with Crippen molar-refractivity contribution in [3.05, 3.63) is 35.9 Å². The molecule has 4 bridgehead atoms. The molecular weight excluding hydrogens is 326 g/mol. The Kier molecular flexibility index (Phi) is 4.60. The van der Waals surface area contributed by atoms with Crippen LogP contribution >= 0.6 is 0 Å². The number of carbonyl (C=O) groups is 1. The lowest BCUT2D eigenvalue weighted by molar-refractivity contribution is -0.185. The molecule has 4 heteroatoms. The quantitative estimate of drug-likeness (QED) is 0.764. The lowest BCUT2D eigenvalue weighted by atomic mass is 9.46. The van der Waals surface area contributed by atoms with Crippen LogP contribution in [0.4, 0.5) is 0 Å². The lowest BCUT2D eigenvalue weighted by Crippen LogP contribution is -2.64. The molecule has 5 rings (SSSR count). The summed E-state index contributed by atoms with van der Waals surface area (Å²) < 4.78 is 5.48. The van der Waals surface area contributed by atoms with Crippen LogP contribution in [-0.4, -0.2) is 29.3 Å². The van der Waals surface area contributed by atoms with Crippen molar-refractivity contribution in [2.24, 2.45) is 17.3 Å². The van der Waals surface area contributed by atoms with Crippen molar-refractivity contribution in [2.75, 3.05) is 6.61 Å². The van der Waals surface area contributed by atoms with Gasteiger partial charge in [0.2, 0.25) is 0 Å². The topological polar surface area (TPSA) is 58.6 Å². The van der Waals surface area contributed by atoms with Gasteiger partial charge >= 0.3 is 5.97 Å². The lowest BCUT2D eigenvalue weighted by Gasteiger charge is -2.62. The van der Waals surface area contributed by atoms with Gasteiger partial charge < -0.3 is 9.84 Å². The highest BCUT2D eigenvalue weighted by Crippen LogP contribution is 2.63. The van der Waals surface area contributed by atoms with Crippen LogP contribution in [0.25, 0.3) is 0 Å². The van der Waals surface area contributed by atoms with Gasteiger partial charge in [-0.05, 0) is 75.2 Å². The molecule has 4 nitrogen and oxygen atoms in total. The summed E-state index contributed by atoms with van der Waals surface area (Å²) in [6, 6.07) is 9.96. The SMILES string of the molecule is CCOC(=O)[C@@H](N[C@H](C)c1ccccc1)C12CC3CC(CC(O)(C3)C1)C2. The number of carbonyl (C=O) groups excluding carboxylic acids is 1. The Morgan fingerprint density at radius 1 is 1.23 bits per heavy atom. The first-order valence-electron chi connectivity index (χ1n) is 10.1. The third-order valence-electron chi connectivity index (χ3n) is 6.93. The average molecular weight is 357 g/mol. The number of aliphatic hydroxyl groups is 1. The van der Waals surface area contributed by atoms with Gasteiger partial charge in [0.05, 0.1) is 12.2 Å². The Labute approximate surface area is 156 Å². The van der Waals surface area contributed by atoms with E-state index in [0.717, 1.165) is 32.1 Å². The first kappa shape index (κ1) is 18.0. The summed E-state index contributed by atoms with van der Waals surface area (Å²) >= 11 is 0. The van der Waals surface area contributed by atoms with Gasteiger partial charge in [-0.3, -0.25) is 10.1 Å². The molecule has 0 spiro atoms. The molecule has 4 atom stereocenters. The first-order chi connectivity index (χ1) is 12.4. The van der Waals surface area contributed by atoms with Crippen LogP contribution in [0.15, 0.2) is 30.3 Å². The van der Waals surface area contributed by atoms with Gasteiger partial charge in [0, 0.05) is 6.04 Å². The third-order valence-corrected chi connectivity index (χ3v) is 6.93. The summed E-state index contributed by atoms with van der Waals surface area (Å²) in [7, 11) is 0. The fraction of sp³-hybridized carbons (Fsp3) is 0.682. The largest absolute Gasteiger partial charge is 0.465 e. The van der Waals surface area contributed by atoms with E-state index < -0.39 is 5.60 Å². The molecule has 0 aromatic heterocycles. The summed E-state index contributed by atoms with van der Waals surface area (Å²) in [5.74, 6) is 0.944. The predicted octanol–water partition coefficient (Wildman–Crippen LogP) is 3.60. The summed E-state index contributed by atoms with van der Waals surface area (Å²) in [5.41, 5.74) is 0.422. The molecule has 2 unspecified atom stereocenters. The predicted molar refractivity (Wildman–Crippen MR) is 100 cm³/mol. The Bertz CT molecular complexity index is 645. The number of hydrogen-bond acceptors (Lipinski definition) is 4. The Morgan fingerprint density at radius 2 is 1.88 bits per heavy atom. The first-order valence-corrected chi connectivity index (χ1v) is 10.1. The van der Waals surface area contributed by atoms with Crippen molar-refractivity contribution in [3.8, 4) is 0 Å². The van der Waals surface area contributed by atoms with Gasteiger partial charge in [0.15, 0.2) is 0 Å². The van der Waals surface area contributed by atoms with E-state index in [-0.39, 0.29) is 23.5 Å². The van der Waals surface area contributed by atoms with Gasteiger partial charge in [0.1, 0.15) is 6.04 Å². The summed E-state index contributed by atoms with van der Waals surface area (Å²) in [4.78, 5) is 13.0. The van der Waals surface area contributed by atoms with Crippen LogP contribution in [0, 0.1) is 17.3 Å². The van der Waals surface area contributed by atoms with E-state index in [2.05, 4.69) is 24.4 Å². The zero-order valence-corrected chi connectivity index (χ0v) is 15.9. The van der Waals surface area contributed by atoms with Crippen molar-refractivity contribution in [1.29, 1.82) is 0 Å². The summed E-state index contributed by atoms with van der Waals surface area (Å²) in [6.45, 7) is 4.36. The number of nitrogens with one attached hydrogen (secondary N) is 1. The molecular formula is C22H31NO3. The van der Waals surface area contributed by atoms with Gasteiger partial charge in [-0.15, -0.1) is 0 Å². The van der Waals surface area contributed by atoms with E-state index in [1.807, 2.05) is 25.1 Å². The second-order valence-electron chi connectivity index (χ2n) is 9.03. The molecule has 0 radical (unpaired) electrons. The van der Waals surface area contributed by atoms with Crippen LogP contribution in [-0.2, 0) is 9.53 Å². The molecule has 0 amide bonds. The fourth-order valence-electron chi connectivity index (χ4n) is 6.43. The van der Waals surface area contributed by atoms with Crippen LogP contribution in [0.1, 0.15) is 64.0 Å². The maximum Gasteiger partial charge on any atom is 0.323 e. The van der Waals surface area contributed by atoms with Crippen molar-refractivity contribution in [3.63, 3.8) is 0 Å². The molecule has 0 saturated heterocycles. The molecule has 26 heavy (non-hydrogen) atoms. The molecule has 4 aliphatic rings. The normalized spacial score (nSPS) is 37.3. The zero-order chi connectivity index (χ0) is 18.4. The van der Waals surface area contributed by atoms with E-state index in [9.17, 15) is 9.90 Å². The van der Waals surface area contributed by atoms with Crippen molar-refractivity contribution in [2.45, 2.75) is 70.1 Å². The minimum atomic E-state index is -0.577. The number of rotatable bonds is 6. The number of hydrogen-bond donors (Lipinski definition) is 2. The smallest absolute Gasteiger partial charge is 0.323 e. The molecule has 2 N–H and O–H groups in total. The van der Waals surface area contributed by atoms with E-state index in [0.29, 0.717) is 18.4 Å². The van der Waals surface area contributed by atoms with Crippen molar-refractivity contribution >= 4 is 5.97 Å². The van der Waals surface area contributed by atoms with Gasteiger partial charge in [-0.25, -0.2) is 0 Å². The standard InChI is InChI=1S/C22H31NO3/c1-3-26-20(24)19(23-15(2)18-7-5-4-6-8-18)21-10-16-9-17(11-21)13-22(25,12-16)14-21/h4-8,15-17,19,23,25H,3,9-14H2,1-2H3/t15-,16?,17?,19-,21?,22?/m1/s1. The molecule has 1 aromatic rings. The van der Waals surface area contributed by atoms with Crippen LogP contribution in [0.2, 0.25) is 0 Å². The van der Waals surface area contributed by atoms with Gasteiger partial charge in [0.25, 0.3) is 0 Å². The molecule has 4 saturated carbocycles. The molecule has 142 valence electrons. The van der Waals surface area contributed by atoms with Gasteiger partial charge in [-0.2, -0.15) is 0 Å². The fourth-order valence-corrected chi connectivity index (χ4v) is 6.43. The summed E-state index contributed by atoms with van der Waals surface area (Å²) in [5, 5.41) is 14.7. The van der Waals surface area contributed by atoms with Crippen LogP contribution in [0.3, 0.4) is 0 Å². The van der Waals surface area contributed by atoms with Crippen LogP contribution in [0.5, 0.6) is 0 Å². The Balaban J connectivity index is 1.62. The second-order valence-corrected chi connectivity index (χ2v) is 9.03. The van der Waals surface area contributed by atoms with Gasteiger partial charge in [-0.1, -0.05) is 30.3 Å². The average Bonchev–Trinajstić information content (AvgIpc) is 2.58. The highest BCUT2D eigenvalue weighted by molar-refractivity contribution is 5.77. The minimum absolute atomic E-state index is 0.0632. The van der Waals surface area contributed by atoms with Crippen molar-refractivity contribution in [1.82, 2.24) is 5.32 Å². The maximum atomic E-state index is 13.0. The highest BCUT2D eigenvalue weighted by Gasteiger charge is 2.61. The summed E-state index contributed by atoms with van der Waals surface area (Å²) in [6.07, 6.45) is 5.83. The minimum Gasteiger partial charge on any atom is -0.465 e. The van der Waals surface area contributed by atoms with Crippen LogP contribution < -0.4 is 5.32 Å². The molecule has 4 aliphatic carbocycles. The second kappa shape index (κ2) is 6.65. The van der Waals surface area contributed by atoms with E-state index in [1.165, 1.54) is 12.0 Å². The monoisotopic (exact) mass is 357 g/mol. The number of ether oxygens (including phenoxy) is 1. The zero-order valence-electron chi connectivity index (χ0n) is 15.9.